The van der Waals surface area contributed by atoms with Gasteiger partial charge in [0.05, 0.1) is 12.1 Å². The third kappa shape index (κ3) is 4.91. The smallest absolute Gasteiger partial charge is 0.254 e. The summed E-state index contributed by atoms with van der Waals surface area (Å²) in [5, 5.41) is 11.2. The third-order valence-electron chi connectivity index (χ3n) is 5.51. The Morgan fingerprint density at radius 1 is 1.13 bits per heavy atom. The zero-order chi connectivity index (χ0) is 21.0. The van der Waals surface area contributed by atoms with Crippen LogP contribution in [0.25, 0.3) is 0 Å². The molecule has 1 amide bonds. The molecule has 0 radical (unpaired) electrons. The van der Waals surface area contributed by atoms with Gasteiger partial charge in [0.15, 0.2) is 0 Å². The van der Waals surface area contributed by atoms with Gasteiger partial charge in [-0.05, 0) is 60.4 Å². The summed E-state index contributed by atoms with van der Waals surface area (Å²) in [6.07, 6.45) is 3.25. The van der Waals surface area contributed by atoms with E-state index in [4.69, 9.17) is 4.74 Å². The van der Waals surface area contributed by atoms with Gasteiger partial charge < -0.3 is 9.64 Å². The molecule has 0 aliphatic carbocycles. The topological polar surface area (TPSA) is 73.1 Å². The van der Waals surface area contributed by atoms with Gasteiger partial charge in [0, 0.05) is 24.8 Å². The van der Waals surface area contributed by atoms with E-state index in [9.17, 15) is 4.79 Å². The summed E-state index contributed by atoms with van der Waals surface area (Å²) in [4.78, 5) is 15.5. The average molecular weight is 406 g/mol. The van der Waals surface area contributed by atoms with Crippen LogP contribution in [0.3, 0.4) is 0 Å². The molecule has 1 aliphatic rings. The Morgan fingerprint density at radius 3 is 2.57 bits per heavy atom. The first-order valence-corrected chi connectivity index (χ1v) is 10.3. The van der Waals surface area contributed by atoms with Crippen molar-refractivity contribution in [2.75, 3.05) is 6.61 Å². The van der Waals surface area contributed by atoms with Crippen LogP contribution < -0.4 is 0 Å². The van der Waals surface area contributed by atoms with Crippen molar-refractivity contribution in [3.8, 4) is 0 Å². The fraction of sp³-hybridized carbons (Fsp3) is 0.391. The Hall–Kier alpha value is -3.06. The van der Waals surface area contributed by atoms with Crippen LogP contribution in [0.15, 0.2) is 60.9 Å². The van der Waals surface area contributed by atoms with Gasteiger partial charge >= 0.3 is 0 Å². The second-order valence-corrected chi connectivity index (χ2v) is 8.38. The van der Waals surface area contributed by atoms with Gasteiger partial charge in [-0.1, -0.05) is 42.5 Å². The minimum absolute atomic E-state index is 0.0514. The van der Waals surface area contributed by atoms with E-state index in [1.165, 1.54) is 0 Å². The van der Waals surface area contributed by atoms with E-state index in [1.807, 2.05) is 47.4 Å². The number of carbonyl (C=O) groups excluding carboxylic acids is 1. The van der Waals surface area contributed by atoms with Gasteiger partial charge in [0.2, 0.25) is 0 Å². The van der Waals surface area contributed by atoms with E-state index in [1.54, 1.807) is 11.0 Å². The van der Waals surface area contributed by atoms with Crippen LogP contribution in [-0.4, -0.2) is 49.3 Å². The number of nitrogens with zero attached hydrogens (tertiary/aromatic N) is 5. The first-order valence-electron chi connectivity index (χ1n) is 10.3. The van der Waals surface area contributed by atoms with Crippen LogP contribution in [0.2, 0.25) is 0 Å². The lowest BCUT2D eigenvalue weighted by Crippen LogP contribution is -2.48. The highest BCUT2D eigenvalue weighted by atomic mass is 16.5. The molecule has 1 fully saturated rings. The van der Waals surface area contributed by atoms with Crippen molar-refractivity contribution in [1.29, 1.82) is 0 Å². The number of tetrazole rings is 1. The number of hydrogen-bond donors (Lipinski definition) is 0. The highest BCUT2D eigenvalue weighted by Crippen LogP contribution is 2.29. The molecular weight excluding hydrogens is 378 g/mol. The molecular formula is C23H27N5O2. The minimum atomic E-state index is -0.228. The Labute approximate surface area is 176 Å². The van der Waals surface area contributed by atoms with Crippen molar-refractivity contribution in [2.45, 2.75) is 51.4 Å². The predicted molar refractivity (Wildman–Crippen MR) is 113 cm³/mol. The van der Waals surface area contributed by atoms with Crippen LogP contribution in [0, 0.1) is 0 Å². The summed E-state index contributed by atoms with van der Waals surface area (Å²) in [7, 11) is 0. The molecule has 1 aromatic heterocycles. The molecule has 1 atom stereocenters. The number of carbonyl (C=O) groups is 1. The molecule has 0 unspecified atom stereocenters. The summed E-state index contributed by atoms with van der Waals surface area (Å²) >= 11 is 0. The van der Waals surface area contributed by atoms with Gasteiger partial charge in [0.1, 0.15) is 6.33 Å². The Morgan fingerprint density at radius 2 is 1.90 bits per heavy atom. The maximum Gasteiger partial charge on any atom is 0.254 e. The largest absolute Gasteiger partial charge is 0.375 e. The Balaban J connectivity index is 1.55. The lowest BCUT2D eigenvalue weighted by molar-refractivity contribution is -0.0792. The molecule has 2 heterocycles. The van der Waals surface area contributed by atoms with E-state index in [0.29, 0.717) is 25.3 Å². The molecule has 0 bridgehead atoms. The van der Waals surface area contributed by atoms with Crippen molar-refractivity contribution in [3.05, 3.63) is 77.6 Å². The summed E-state index contributed by atoms with van der Waals surface area (Å²) in [5.41, 5.74) is 2.63. The fourth-order valence-electron chi connectivity index (χ4n) is 3.97. The van der Waals surface area contributed by atoms with Crippen LogP contribution in [-0.2, 0) is 17.8 Å². The SMILES string of the molecule is CC1(C)C[C@H](N(Cc2ccccc2)C(=O)c2ccc(Cn3cnnn3)cc2)CCO1. The van der Waals surface area contributed by atoms with E-state index in [-0.39, 0.29) is 17.6 Å². The molecule has 0 spiro atoms. The average Bonchev–Trinajstić information content (AvgIpc) is 3.25. The number of ether oxygens (including phenoxy) is 1. The first-order chi connectivity index (χ1) is 14.5. The standard InChI is InChI=1S/C23H27N5O2/c1-23(2)14-21(12-13-30-23)28(16-18-6-4-3-5-7-18)22(29)20-10-8-19(9-11-20)15-27-17-24-25-26-27/h3-11,17,21H,12-16H2,1-2H3/t21-/m1/s1. The Kier molecular flexibility index (Phi) is 5.90. The molecule has 7 heteroatoms. The van der Waals surface area contributed by atoms with Crippen molar-refractivity contribution in [3.63, 3.8) is 0 Å². The summed E-state index contributed by atoms with van der Waals surface area (Å²) in [5.74, 6) is 0.0514. The summed E-state index contributed by atoms with van der Waals surface area (Å²) < 4.78 is 7.55. The van der Waals surface area contributed by atoms with Crippen LogP contribution in [0.4, 0.5) is 0 Å². The van der Waals surface area contributed by atoms with Crippen molar-refractivity contribution >= 4 is 5.91 Å². The monoisotopic (exact) mass is 405 g/mol. The van der Waals surface area contributed by atoms with E-state index in [2.05, 4.69) is 41.5 Å². The Bertz CT molecular complexity index is 955. The minimum Gasteiger partial charge on any atom is -0.375 e. The van der Waals surface area contributed by atoms with Gasteiger partial charge in [0.25, 0.3) is 5.91 Å². The number of amides is 1. The fourth-order valence-corrected chi connectivity index (χ4v) is 3.97. The van der Waals surface area contributed by atoms with Gasteiger partial charge in [-0.25, -0.2) is 4.68 Å². The highest BCUT2D eigenvalue weighted by molar-refractivity contribution is 5.94. The van der Waals surface area contributed by atoms with Gasteiger partial charge in [-0.2, -0.15) is 0 Å². The first kappa shape index (κ1) is 20.2. The molecule has 1 aliphatic heterocycles. The lowest BCUT2D eigenvalue weighted by Gasteiger charge is -2.41. The van der Waals surface area contributed by atoms with Gasteiger partial charge in [-0.15, -0.1) is 5.10 Å². The molecule has 1 saturated heterocycles. The predicted octanol–water partition coefficient (Wildman–Crippen LogP) is 3.32. The quantitative estimate of drug-likeness (QED) is 0.629. The normalized spacial score (nSPS) is 18.1. The van der Waals surface area contributed by atoms with Crippen molar-refractivity contribution < 1.29 is 9.53 Å². The zero-order valence-corrected chi connectivity index (χ0v) is 17.4. The second-order valence-electron chi connectivity index (χ2n) is 8.38. The highest BCUT2D eigenvalue weighted by Gasteiger charge is 2.34. The molecule has 3 aromatic rings. The molecule has 0 N–H and O–H groups in total. The van der Waals surface area contributed by atoms with Crippen LogP contribution in [0.1, 0.15) is 48.2 Å². The number of rotatable bonds is 6. The van der Waals surface area contributed by atoms with Crippen molar-refractivity contribution in [2.24, 2.45) is 0 Å². The number of hydrogen-bond acceptors (Lipinski definition) is 5. The van der Waals surface area contributed by atoms with E-state index < -0.39 is 0 Å². The molecule has 2 aromatic carbocycles. The van der Waals surface area contributed by atoms with Gasteiger partial charge in [-0.3, -0.25) is 4.79 Å². The zero-order valence-electron chi connectivity index (χ0n) is 17.4. The lowest BCUT2D eigenvalue weighted by atomic mass is 9.92. The second kappa shape index (κ2) is 8.75. The van der Waals surface area contributed by atoms with Crippen LogP contribution in [0.5, 0.6) is 0 Å². The number of aromatic nitrogens is 4. The maximum atomic E-state index is 13.5. The molecule has 30 heavy (non-hydrogen) atoms. The maximum absolute atomic E-state index is 13.5. The van der Waals surface area contributed by atoms with Crippen LogP contribution >= 0.6 is 0 Å². The summed E-state index contributed by atoms with van der Waals surface area (Å²) in [6, 6.07) is 18.0. The summed E-state index contributed by atoms with van der Waals surface area (Å²) in [6.45, 7) is 6.02. The molecule has 7 nitrogen and oxygen atoms in total. The molecule has 0 saturated carbocycles. The van der Waals surface area contributed by atoms with E-state index in [0.717, 1.165) is 24.0 Å². The molecule has 4 rings (SSSR count). The third-order valence-corrected chi connectivity index (χ3v) is 5.51. The molecule has 156 valence electrons. The van der Waals surface area contributed by atoms with Crippen molar-refractivity contribution in [1.82, 2.24) is 25.1 Å². The van der Waals surface area contributed by atoms with E-state index >= 15 is 0 Å². The number of benzene rings is 2.